The summed E-state index contributed by atoms with van der Waals surface area (Å²) in [6.45, 7) is 0. The van der Waals surface area contributed by atoms with E-state index < -0.39 is 90.8 Å². The van der Waals surface area contributed by atoms with Crippen molar-refractivity contribution in [1.29, 1.82) is 0 Å². The maximum atomic E-state index is 13.7. The predicted octanol–water partition coefficient (Wildman–Crippen LogP) is -7.22. The molecule has 0 fully saturated rings. The molecule has 6 aromatic rings. The van der Waals surface area contributed by atoms with E-state index in [1.54, 1.807) is 0 Å². The number of azo groups is 2. The summed E-state index contributed by atoms with van der Waals surface area (Å²) < 4.78 is 140. The van der Waals surface area contributed by atoms with Crippen LogP contribution in [-0.4, -0.2) is 63.8 Å². The number of anilines is 8. The van der Waals surface area contributed by atoms with E-state index in [0.717, 1.165) is 42.5 Å². The van der Waals surface area contributed by atoms with Gasteiger partial charge in [-0.3, -0.25) is 5.04 Å². The first kappa shape index (κ1) is 61.4. The molecule has 0 amide bonds. The average Bonchev–Trinajstić information content (AvgIpc) is 3.18. The van der Waals surface area contributed by atoms with Crippen molar-refractivity contribution in [3.63, 3.8) is 0 Å². The van der Waals surface area contributed by atoms with Gasteiger partial charge in [0, 0.05) is 23.1 Å². The Bertz CT molecular complexity index is 3220. The predicted molar refractivity (Wildman–Crippen MR) is 211 cm³/mol. The molecule has 0 spiro atoms. The fourth-order valence-corrected chi connectivity index (χ4v) is 7.30. The molecule has 0 bridgehead atoms. The van der Waals surface area contributed by atoms with E-state index in [9.17, 15) is 52.9 Å². The molecule has 68 heavy (non-hydrogen) atoms. The van der Waals surface area contributed by atoms with E-state index in [2.05, 4.69) is 70.7 Å². The van der Waals surface area contributed by atoms with Gasteiger partial charge in [0.25, 0.3) is 0 Å². The normalized spacial score (nSPS) is 11.5. The number of benzene rings is 4. The second-order valence-corrected chi connectivity index (χ2v) is 17.1. The first-order chi connectivity index (χ1) is 30.1. The summed E-state index contributed by atoms with van der Waals surface area (Å²) >= 11 is 6.34. The van der Waals surface area contributed by atoms with Crippen LogP contribution >= 0.6 is 23.6 Å². The van der Waals surface area contributed by atoms with Crippen molar-refractivity contribution >= 4 is 123 Å². The van der Waals surface area contributed by atoms with E-state index in [-0.39, 0.29) is 164 Å². The Morgan fingerprint density at radius 2 is 1.19 bits per heavy atom. The van der Waals surface area contributed by atoms with E-state index in [4.69, 9.17) is 23.1 Å². The molecule has 6 rings (SSSR count). The van der Waals surface area contributed by atoms with Crippen molar-refractivity contribution in [3.8, 4) is 0 Å². The quantitative estimate of drug-likeness (QED) is 0.00692. The van der Waals surface area contributed by atoms with Gasteiger partial charge in [-0.1, -0.05) is 6.07 Å². The van der Waals surface area contributed by atoms with Crippen molar-refractivity contribution < 1.29 is 181 Å². The minimum atomic E-state index is -5.46. The van der Waals surface area contributed by atoms with E-state index in [1.807, 2.05) is 0 Å². The fourth-order valence-electron chi connectivity index (χ4n) is 5.00. The maximum absolute atomic E-state index is 13.7. The molecule has 0 unspecified atom stereocenters. The zero-order chi connectivity index (χ0) is 46.6. The van der Waals surface area contributed by atoms with Crippen molar-refractivity contribution in [2.24, 2.45) is 20.5 Å². The molecular weight excluding hydrogens is 1050 g/mol. The van der Waals surface area contributed by atoms with Crippen molar-refractivity contribution in [2.45, 2.75) is 19.6 Å². The van der Waals surface area contributed by atoms with Gasteiger partial charge in [0.1, 0.15) is 58.9 Å². The van der Waals surface area contributed by atoms with Crippen LogP contribution in [0.5, 0.6) is 0 Å². The van der Waals surface area contributed by atoms with Crippen LogP contribution in [0.2, 0.25) is 5.28 Å². The van der Waals surface area contributed by atoms with Gasteiger partial charge < -0.3 is 46.3 Å². The minimum absolute atomic E-state index is 0. The molecule has 0 aliphatic carbocycles. The van der Waals surface area contributed by atoms with Crippen LogP contribution in [-0.2, 0) is 39.7 Å². The van der Waals surface area contributed by atoms with Crippen LogP contribution in [0.3, 0.4) is 0 Å². The van der Waals surface area contributed by atoms with Gasteiger partial charge >= 0.3 is 124 Å². The summed E-state index contributed by atoms with van der Waals surface area (Å²) in [4.78, 5) is 15.4. The van der Waals surface area contributed by atoms with E-state index in [1.165, 1.54) is 24.3 Å². The Kier molecular flexibility index (Phi) is 23.6. The topological polar surface area (TPSA) is 415 Å². The van der Waals surface area contributed by atoms with Crippen molar-refractivity contribution in [1.82, 2.24) is 24.9 Å². The first-order valence-electron chi connectivity index (χ1n) is 16.4. The SMILES string of the molecule is Nc1c(N=Nc2cc(Nc3nc(Cl)nc(Nc4cccc(S(=O)(=O)[O-])c4)n3)ccc2S(=O)(=O)[O-])cc(S(=O)(=O)[O-])c(N)c1N=Nc1cc(Nc2cc(F)nc(F)n2)ccc1SOO[O-].[Na+].[Na+].[Na+].[Na+]. The van der Waals surface area contributed by atoms with Gasteiger partial charge in [0.05, 0.1) is 43.0 Å². The third-order valence-electron chi connectivity index (χ3n) is 7.63. The molecule has 4 aromatic carbocycles. The number of nitrogens with zero attached hydrogens (tertiary/aromatic N) is 9. The maximum Gasteiger partial charge on any atom is 1.00 e. The molecule has 0 saturated heterocycles. The summed E-state index contributed by atoms with van der Waals surface area (Å²) in [6, 6.07) is 12.6. The zero-order valence-corrected chi connectivity index (χ0v) is 46.8. The molecule has 0 aliphatic heterocycles. The first-order valence-corrected chi connectivity index (χ1v) is 21.8. The number of nitrogens with one attached hydrogen (secondary N) is 3. The third kappa shape index (κ3) is 16.7. The summed E-state index contributed by atoms with van der Waals surface area (Å²) in [5.74, 6) is -2.15. The molecule has 0 saturated carbocycles. The zero-order valence-electron chi connectivity index (χ0n) is 34.8. The molecule has 26 nitrogen and oxygen atoms in total. The molecule has 334 valence electrons. The summed E-state index contributed by atoms with van der Waals surface area (Å²) in [7, 11) is -15.6. The van der Waals surface area contributed by atoms with Crippen molar-refractivity contribution in [3.05, 3.63) is 90.1 Å². The largest absolute Gasteiger partial charge is 1.00 e. The molecule has 0 aliphatic rings. The molecule has 2 heterocycles. The minimum Gasteiger partial charge on any atom is -0.744 e. The van der Waals surface area contributed by atoms with E-state index >= 15 is 0 Å². The van der Waals surface area contributed by atoms with Gasteiger partial charge in [-0.05, 0) is 72.3 Å². The molecule has 37 heteroatoms. The Hall–Kier alpha value is -2.72. The number of nitrogens with two attached hydrogens (primary N) is 2. The van der Waals surface area contributed by atoms with Crippen LogP contribution in [0.25, 0.3) is 0 Å². The second kappa shape index (κ2) is 26.1. The Balaban J connectivity index is 0.00000397. The van der Waals surface area contributed by atoms with Crippen LogP contribution in [0.15, 0.2) is 113 Å². The van der Waals surface area contributed by atoms with E-state index in [0.29, 0.717) is 18.1 Å². The molecular formula is C31H19ClF2N14Na4O12S4. The molecule has 7 N–H and O–H groups in total. The Morgan fingerprint density at radius 1 is 0.618 bits per heavy atom. The number of nitrogen functional groups attached to an aromatic ring is 2. The smallest absolute Gasteiger partial charge is 0.744 e. The fraction of sp³-hybridized carbons (Fsp3) is 0. The molecule has 0 radical (unpaired) electrons. The monoisotopic (exact) mass is 1070 g/mol. The summed E-state index contributed by atoms with van der Waals surface area (Å²) in [5.41, 5.74) is 8.42. The third-order valence-corrected chi connectivity index (χ3v) is 11.0. The standard InChI is InChI=1S/C31H23ClF2N14O12S4.4Na/c32-28-42-30(38-13-2-1-3-16(8-13)62(50,51)52)44-31(43-28)39-15-5-7-21(63(53,54)55)18(10-15)46-47-19-11-22(64(56,57)58)26(36)27(25(19)35)48-45-17-9-14(4-6-20(17)61-60-59-49)37-24-12-23(33)40-29(34)41-24;;;;/h1-12,49H,35-36H2,(H,37,40,41)(H,50,51,52)(H,53,54,55)(H,56,57,58)(H2,38,39,42,43,44);;;;/q;4*+1/p-4. The Morgan fingerprint density at radius 3 is 1.79 bits per heavy atom. The van der Waals surface area contributed by atoms with Crippen molar-refractivity contribution in [2.75, 3.05) is 27.4 Å². The van der Waals surface area contributed by atoms with Crippen LogP contribution < -0.4 is 151 Å². The van der Waals surface area contributed by atoms with Gasteiger partial charge in [0.2, 0.25) is 23.1 Å². The summed E-state index contributed by atoms with van der Waals surface area (Å²) in [5, 5.41) is 36.7. The van der Waals surface area contributed by atoms with Gasteiger partial charge in [0.15, 0.2) is 0 Å². The number of rotatable bonds is 16. The van der Waals surface area contributed by atoms with Gasteiger partial charge in [-0.15, -0.1) is 20.5 Å². The number of hydrogen-bond acceptors (Lipinski definition) is 27. The molecule has 2 aromatic heterocycles. The average molecular weight is 1070 g/mol. The van der Waals surface area contributed by atoms with Crippen LogP contribution in [0, 0.1) is 12.0 Å². The number of hydrogen-bond donors (Lipinski definition) is 5. The Labute approximate surface area is 479 Å². The summed E-state index contributed by atoms with van der Waals surface area (Å²) in [6.07, 6.45) is -1.41. The second-order valence-electron chi connectivity index (χ2n) is 11.9. The van der Waals surface area contributed by atoms with Gasteiger partial charge in [-0.25, -0.2) is 25.3 Å². The van der Waals surface area contributed by atoms with Gasteiger partial charge in [-0.2, -0.15) is 38.0 Å². The van der Waals surface area contributed by atoms with Crippen LogP contribution in [0.1, 0.15) is 0 Å². The molecule has 0 atom stereocenters. The number of halogens is 3. The van der Waals surface area contributed by atoms with Crippen LogP contribution in [0.4, 0.5) is 77.7 Å². The number of aromatic nitrogens is 5.